The summed E-state index contributed by atoms with van der Waals surface area (Å²) < 4.78 is 9.09. The van der Waals surface area contributed by atoms with Crippen LogP contribution in [0, 0.1) is 17.8 Å². The number of ether oxygens (including phenoxy) is 2. The van der Waals surface area contributed by atoms with E-state index in [9.17, 15) is 19.8 Å². The number of hydrogen-bond donors (Lipinski definition) is 2. The molecule has 6 heteroatoms. The lowest BCUT2D eigenvalue weighted by molar-refractivity contribution is -0.150. The molecule has 3 atom stereocenters. The van der Waals surface area contributed by atoms with Crippen LogP contribution in [0.15, 0.2) is 0 Å². The van der Waals surface area contributed by atoms with Crippen molar-refractivity contribution in [1.29, 1.82) is 0 Å². The predicted octanol–water partition coefficient (Wildman–Crippen LogP) is 2.16. The van der Waals surface area contributed by atoms with Crippen LogP contribution in [-0.2, 0) is 19.1 Å². The van der Waals surface area contributed by atoms with Crippen LogP contribution < -0.4 is 0 Å². The highest BCUT2D eigenvalue weighted by molar-refractivity contribution is 5.72. The Morgan fingerprint density at radius 3 is 1.57 bits per heavy atom. The van der Waals surface area contributed by atoms with Crippen LogP contribution in [0.4, 0.5) is 0 Å². The van der Waals surface area contributed by atoms with Gasteiger partial charge in [-0.3, -0.25) is 9.59 Å². The lowest BCUT2D eigenvalue weighted by atomic mass is 9.83. The van der Waals surface area contributed by atoms with Crippen molar-refractivity contribution in [2.45, 2.75) is 66.1 Å². The molecule has 0 saturated heterocycles. The van der Waals surface area contributed by atoms with E-state index in [4.69, 9.17) is 0 Å². The van der Waals surface area contributed by atoms with Gasteiger partial charge in [0.05, 0.1) is 37.3 Å². The van der Waals surface area contributed by atoms with Gasteiger partial charge in [-0.2, -0.15) is 0 Å². The minimum absolute atomic E-state index is 0.107. The Kier molecular flexibility index (Phi) is 10.4. The van der Waals surface area contributed by atoms with E-state index in [1.54, 1.807) is 41.5 Å². The fraction of sp³-hybridized carbons (Fsp3) is 0.882. The highest BCUT2D eigenvalue weighted by Crippen LogP contribution is 2.24. The van der Waals surface area contributed by atoms with E-state index in [2.05, 4.69) is 9.47 Å². The third-order valence-electron chi connectivity index (χ3n) is 3.85. The Morgan fingerprint density at radius 2 is 1.30 bits per heavy atom. The molecular weight excluding hydrogens is 300 g/mol. The predicted molar refractivity (Wildman–Crippen MR) is 88.7 cm³/mol. The first kappa shape index (κ1) is 24.1. The molecule has 23 heavy (non-hydrogen) atoms. The molecule has 6 nitrogen and oxygen atoms in total. The Morgan fingerprint density at radius 1 is 0.913 bits per heavy atom. The standard InChI is InChI=1S/C9H18O3.C8H16O3/c1-6(8(10)12-5)7(2)9(3,4)11;1-6(7(9)11-4)5-8(2,3)10/h6-7,11H,1-5H3;6,10H,5H2,1-4H3. The van der Waals surface area contributed by atoms with Gasteiger partial charge in [-0.25, -0.2) is 0 Å². The number of carbonyl (C=O) groups excluding carboxylic acids is 2. The Hall–Kier alpha value is -1.14. The van der Waals surface area contributed by atoms with E-state index >= 15 is 0 Å². The molecule has 2 N–H and O–H groups in total. The quantitative estimate of drug-likeness (QED) is 0.723. The smallest absolute Gasteiger partial charge is 0.308 e. The van der Waals surface area contributed by atoms with Gasteiger partial charge in [0.25, 0.3) is 0 Å². The monoisotopic (exact) mass is 334 g/mol. The molecule has 0 aliphatic heterocycles. The molecule has 0 spiro atoms. The lowest BCUT2D eigenvalue weighted by Crippen LogP contribution is -2.36. The number of carbonyl (C=O) groups is 2. The summed E-state index contributed by atoms with van der Waals surface area (Å²) in [5.41, 5.74) is -1.64. The number of methoxy groups -OCH3 is 2. The molecule has 0 aromatic heterocycles. The molecule has 0 rings (SSSR count). The molecule has 138 valence electrons. The van der Waals surface area contributed by atoms with E-state index in [1.807, 2.05) is 6.92 Å². The molecule has 0 bridgehead atoms. The van der Waals surface area contributed by atoms with E-state index < -0.39 is 11.2 Å². The van der Waals surface area contributed by atoms with Gasteiger partial charge in [-0.1, -0.05) is 20.8 Å². The molecule has 0 aromatic carbocycles. The van der Waals surface area contributed by atoms with Crippen LogP contribution in [0.1, 0.15) is 54.9 Å². The number of esters is 2. The molecular formula is C17H34O6. The van der Waals surface area contributed by atoms with Crippen LogP contribution >= 0.6 is 0 Å². The van der Waals surface area contributed by atoms with Crippen molar-refractivity contribution < 1.29 is 29.3 Å². The third kappa shape index (κ3) is 11.1. The van der Waals surface area contributed by atoms with Gasteiger partial charge < -0.3 is 19.7 Å². The van der Waals surface area contributed by atoms with Crippen LogP contribution in [0.5, 0.6) is 0 Å². The minimum Gasteiger partial charge on any atom is -0.469 e. The topological polar surface area (TPSA) is 93.1 Å². The van der Waals surface area contributed by atoms with Gasteiger partial charge in [0.15, 0.2) is 0 Å². The molecule has 0 fully saturated rings. The summed E-state index contributed by atoms with van der Waals surface area (Å²) in [7, 11) is 2.71. The summed E-state index contributed by atoms with van der Waals surface area (Å²) in [6.07, 6.45) is 0.430. The summed E-state index contributed by atoms with van der Waals surface area (Å²) in [6.45, 7) is 12.1. The van der Waals surface area contributed by atoms with Gasteiger partial charge in [-0.15, -0.1) is 0 Å². The summed E-state index contributed by atoms with van der Waals surface area (Å²) >= 11 is 0. The van der Waals surface area contributed by atoms with Crippen molar-refractivity contribution in [3.8, 4) is 0 Å². The molecule has 0 heterocycles. The zero-order valence-corrected chi connectivity index (χ0v) is 16.0. The molecule has 0 radical (unpaired) electrons. The molecule has 0 amide bonds. The third-order valence-corrected chi connectivity index (χ3v) is 3.85. The van der Waals surface area contributed by atoms with E-state index in [0.717, 1.165) is 0 Å². The van der Waals surface area contributed by atoms with Crippen LogP contribution in [0.25, 0.3) is 0 Å². The van der Waals surface area contributed by atoms with Crippen LogP contribution in [0.2, 0.25) is 0 Å². The molecule has 0 saturated carbocycles. The average molecular weight is 334 g/mol. The largest absolute Gasteiger partial charge is 0.469 e. The second kappa shape index (κ2) is 9.88. The first-order valence-corrected chi connectivity index (χ1v) is 7.77. The second-order valence-corrected chi connectivity index (χ2v) is 7.19. The average Bonchev–Trinajstić information content (AvgIpc) is 2.41. The summed E-state index contributed by atoms with van der Waals surface area (Å²) in [5.74, 6) is -1.16. The molecule has 3 unspecified atom stereocenters. The summed E-state index contributed by atoms with van der Waals surface area (Å²) in [6, 6.07) is 0. The summed E-state index contributed by atoms with van der Waals surface area (Å²) in [4.78, 5) is 21.9. The molecule has 0 aliphatic rings. The van der Waals surface area contributed by atoms with Crippen molar-refractivity contribution in [2.24, 2.45) is 17.8 Å². The first-order valence-electron chi connectivity index (χ1n) is 7.77. The van der Waals surface area contributed by atoms with Crippen molar-refractivity contribution in [2.75, 3.05) is 14.2 Å². The van der Waals surface area contributed by atoms with Gasteiger partial charge in [-0.05, 0) is 40.0 Å². The van der Waals surface area contributed by atoms with E-state index in [0.29, 0.717) is 6.42 Å². The second-order valence-electron chi connectivity index (χ2n) is 7.19. The van der Waals surface area contributed by atoms with Crippen molar-refractivity contribution in [3.05, 3.63) is 0 Å². The van der Waals surface area contributed by atoms with Gasteiger partial charge >= 0.3 is 11.9 Å². The zero-order valence-electron chi connectivity index (χ0n) is 16.0. The zero-order chi connectivity index (χ0) is 19.0. The fourth-order valence-electron chi connectivity index (χ4n) is 2.04. The maximum atomic E-state index is 11.1. The van der Waals surface area contributed by atoms with E-state index in [1.165, 1.54) is 14.2 Å². The highest BCUT2D eigenvalue weighted by atomic mass is 16.5. The Balaban J connectivity index is 0. The van der Waals surface area contributed by atoms with Crippen molar-refractivity contribution in [1.82, 2.24) is 0 Å². The fourth-order valence-corrected chi connectivity index (χ4v) is 2.04. The van der Waals surface area contributed by atoms with Crippen LogP contribution in [0.3, 0.4) is 0 Å². The van der Waals surface area contributed by atoms with Gasteiger partial charge in [0, 0.05) is 0 Å². The highest BCUT2D eigenvalue weighted by Gasteiger charge is 2.32. The number of hydrogen-bond acceptors (Lipinski definition) is 6. The van der Waals surface area contributed by atoms with Gasteiger partial charge in [0.1, 0.15) is 0 Å². The Labute approximate surface area is 140 Å². The minimum atomic E-state index is -0.840. The SMILES string of the molecule is COC(=O)C(C)C(C)C(C)(C)O.COC(=O)C(C)CC(C)(C)O. The maximum absolute atomic E-state index is 11.1. The maximum Gasteiger partial charge on any atom is 0.308 e. The number of aliphatic hydroxyl groups is 2. The molecule has 0 aliphatic carbocycles. The first-order chi connectivity index (χ1) is 10.2. The van der Waals surface area contributed by atoms with Crippen molar-refractivity contribution >= 4 is 11.9 Å². The van der Waals surface area contributed by atoms with Gasteiger partial charge in [0.2, 0.25) is 0 Å². The summed E-state index contributed by atoms with van der Waals surface area (Å²) in [5, 5.41) is 18.9. The Bertz CT molecular complexity index is 364. The van der Waals surface area contributed by atoms with E-state index in [-0.39, 0.29) is 29.7 Å². The normalized spacial score (nSPS) is 15.6. The van der Waals surface area contributed by atoms with Crippen molar-refractivity contribution in [3.63, 3.8) is 0 Å². The lowest BCUT2D eigenvalue weighted by Gasteiger charge is -2.29. The number of rotatable bonds is 6. The molecule has 0 aromatic rings. The van der Waals surface area contributed by atoms with Crippen LogP contribution in [-0.4, -0.2) is 47.6 Å².